The predicted molar refractivity (Wildman–Crippen MR) is 73.3 cm³/mol. The molecule has 0 amide bonds. The monoisotopic (exact) mass is 261 g/mol. The van der Waals surface area contributed by atoms with Crippen molar-refractivity contribution in [1.82, 2.24) is 19.8 Å². The van der Waals surface area contributed by atoms with Crippen LogP contribution in [0, 0.1) is 5.92 Å². The molecule has 102 valence electrons. The van der Waals surface area contributed by atoms with E-state index in [9.17, 15) is 4.79 Å². The number of aromatic nitrogens is 4. The molecule has 0 atom stereocenters. The van der Waals surface area contributed by atoms with Gasteiger partial charge in [-0.1, -0.05) is 25.7 Å². The van der Waals surface area contributed by atoms with Crippen LogP contribution < -0.4 is 11.0 Å². The Bertz CT molecular complexity index is 596. The van der Waals surface area contributed by atoms with Crippen LogP contribution in [0.4, 0.5) is 5.82 Å². The van der Waals surface area contributed by atoms with Crippen molar-refractivity contribution in [2.45, 2.75) is 38.5 Å². The zero-order valence-electron chi connectivity index (χ0n) is 10.9. The molecule has 0 aliphatic heterocycles. The number of nitrogens with one attached hydrogen (secondary N) is 2. The summed E-state index contributed by atoms with van der Waals surface area (Å²) < 4.78 is 1.28. The fourth-order valence-electron chi connectivity index (χ4n) is 2.80. The quantitative estimate of drug-likeness (QED) is 0.805. The first-order valence-electron chi connectivity index (χ1n) is 7.01. The number of H-pyrrole nitrogens is 1. The van der Waals surface area contributed by atoms with Gasteiger partial charge in [-0.2, -0.15) is 9.61 Å². The van der Waals surface area contributed by atoms with Crippen molar-refractivity contribution in [2.75, 3.05) is 11.9 Å². The molecule has 0 unspecified atom stereocenters. The van der Waals surface area contributed by atoms with E-state index in [1.807, 2.05) is 6.07 Å². The van der Waals surface area contributed by atoms with Gasteiger partial charge in [-0.15, -0.1) is 5.10 Å². The summed E-state index contributed by atoms with van der Waals surface area (Å²) in [6.45, 7) is 0.904. The van der Waals surface area contributed by atoms with E-state index in [4.69, 9.17) is 0 Å². The third-order valence-electron chi connectivity index (χ3n) is 3.84. The molecule has 1 aliphatic rings. The maximum Gasteiger partial charge on any atom is 0.364 e. The number of hydrogen-bond donors (Lipinski definition) is 2. The van der Waals surface area contributed by atoms with Crippen molar-refractivity contribution in [3.63, 3.8) is 0 Å². The second-order valence-electron chi connectivity index (χ2n) is 5.24. The van der Waals surface area contributed by atoms with Crippen LogP contribution in [0.5, 0.6) is 0 Å². The van der Waals surface area contributed by atoms with Crippen LogP contribution in [0.25, 0.3) is 5.65 Å². The molecular weight excluding hydrogens is 242 g/mol. The molecule has 6 heteroatoms. The van der Waals surface area contributed by atoms with E-state index >= 15 is 0 Å². The van der Waals surface area contributed by atoms with Gasteiger partial charge in [-0.3, -0.25) is 0 Å². The van der Waals surface area contributed by atoms with Crippen LogP contribution in [0.2, 0.25) is 0 Å². The fraction of sp³-hybridized carbons (Fsp3) is 0.615. The third kappa shape index (κ3) is 2.77. The van der Waals surface area contributed by atoms with Gasteiger partial charge in [0.2, 0.25) is 0 Å². The second-order valence-corrected chi connectivity index (χ2v) is 5.24. The molecule has 19 heavy (non-hydrogen) atoms. The van der Waals surface area contributed by atoms with Crippen molar-refractivity contribution in [1.29, 1.82) is 0 Å². The minimum atomic E-state index is -0.301. The first-order valence-corrected chi connectivity index (χ1v) is 7.01. The minimum Gasteiger partial charge on any atom is -0.369 e. The SMILES string of the molecule is O=c1[nH]nc2ccc(NCCCC3CCCC3)nn12. The van der Waals surface area contributed by atoms with Crippen molar-refractivity contribution in [3.05, 3.63) is 22.6 Å². The fourth-order valence-corrected chi connectivity index (χ4v) is 2.80. The Morgan fingerprint density at radius 3 is 3.05 bits per heavy atom. The summed E-state index contributed by atoms with van der Waals surface area (Å²) in [5.74, 6) is 1.65. The molecular formula is C13H19N5O. The van der Waals surface area contributed by atoms with Crippen molar-refractivity contribution < 1.29 is 0 Å². The highest BCUT2D eigenvalue weighted by Crippen LogP contribution is 2.28. The molecule has 2 heterocycles. The van der Waals surface area contributed by atoms with Crippen LogP contribution in [-0.4, -0.2) is 26.4 Å². The average Bonchev–Trinajstić information content (AvgIpc) is 3.06. The number of rotatable bonds is 5. The summed E-state index contributed by atoms with van der Waals surface area (Å²) in [6.07, 6.45) is 8.05. The zero-order chi connectivity index (χ0) is 13.1. The average molecular weight is 261 g/mol. The van der Waals surface area contributed by atoms with Gasteiger partial charge in [0.1, 0.15) is 5.82 Å². The van der Waals surface area contributed by atoms with E-state index in [0.29, 0.717) is 5.65 Å². The standard InChI is InChI=1S/C13H19N5O/c19-13-16-15-12-8-7-11(17-18(12)13)14-9-3-6-10-4-1-2-5-10/h7-8,10H,1-6,9H2,(H,14,17)(H,16,19). The molecule has 0 saturated heterocycles. The van der Waals surface area contributed by atoms with Gasteiger partial charge in [0, 0.05) is 6.54 Å². The smallest absolute Gasteiger partial charge is 0.364 e. The summed E-state index contributed by atoms with van der Waals surface area (Å²) >= 11 is 0. The molecule has 0 spiro atoms. The number of nitrogens with zero attached hydrogens (tertiary/aromatic N) is 3. The highest BCUT2D eigenvalue weighted by atomic mass is 16.2. The van der Waals surface area contributed by atoms with Gasteiger partial charge in [0.05, 0.1) is 0 Å². The van der Waals surface area contributed by atoms with Gasteiger partial charge in [-0.25, -0.2) is 9.89 Å². The van der Waals surface area contributed by atoms with Crippen LogP contribution in [0.1, 0.15) is 38.5 Å². The third-order valence-corrected chi connectivity index (χ3v) is 3.84. The molecule has 1 saturated carbocycles. The highest BCUT2D eigenvalue weighted by Gasteiger charge is 2.13. The number of hydrogen-bond acceptors (Lipinski definition) is 4. The van der Waals surface area contributed by atoms with E-state index in [1.54, 1.807) is 6.07 Å². The van der Waals surface area contributed by atoms with Crippen LogP contribution in [-0.2, 0) is 0 Å². The zero-order valence-corrected chi connectivity index (χ0v) is 10.9. The largest absolute Gasteiger partial charge is 0.369 e. The van der Waals surface area contributed by atoms with Gasteiger partial charge < -0.3 is 5.32 Å². The molecule has 2 aromatic rings. The number of fused-ring (bicyclic) bond motifs is 1. The molecule has 2 N–H and O–H groups in total. The molecule has 6 nitrogen and oxygen atoms in total. The van der Waals surface area contributed by atoms with Crippen LogP contribution >= 0.6 is 0 Å². The first kappa shape index (κ1) is 12.2. The number of anilines is 1. The van der Waals surface area contributed by atoms with E-state index < -0.39 is 0 Å². The molecule has 0 aromatic carbocycles. The van der Waals surface area contributed by atoms with Gasteiger partial charge in [-0.05, 0) is 30.9 Å². The van der Waals surface area contributed by atoms with Gasteiger partial charge in [0.15, 0.2) is 5.65 Å². The molecule has 3 rings (SSSR count). The van der Waals surface area contributed by atoms with Crippen molar-refractivity contribution in [3.8, 4) is 0 Å². The van der Waals surface area contributed by atoms with E-state index in [0.717, 1.165) is 24.7 Å². The predicted octanol–water partition coefficient (Wildman–Crippen LogP) is 1.80. The lowest BCUT2D eigenvalue weighted by molar-refractivity contribution is 0.491. The minimum absolute atomic E-state index is 0.301. The van der Waals surface area contributed by atoms with E-state index in [1.165, 1.54) is 36.6 Å². The molecule has 0 radical (unpaired) electrons. The Morgan fingerprint density at radius 2 is 2.21 bits per heavy atom. The Kier molecular flexibility index (Phi) is 3.48. The van der Waals surface area contributed by atoms with Crippen LogP contribution in [0.3, 0.4) is 0 Å². The Labute approximate surface area is 111 Å². The summed E-state index contributed by atoms with van der Waals surface area (Å²) in [5, 5.41) is 13.7. The lowest BCUT2D eigenvalue weighted by Crippen LogP contribution is -2.14. The van der Waals surface area contributed by atoms with Crippen LogP contribution in [0.15, 0.2) is 16.9 Å². The molecule has 2 aromatic heterocycles. The molecule has 1 fully saturated rings. The normalized spacial score (nSPS) is 16.2. The van der Waals surface area contributed by atoms with Gasteiger partial charge in [0.25, 0.3) is 0 Å². The Morgan fingerprint density at radius 1 is 1.37 bits per heavy atom. The molecule has 0 bridgehead atoms. The lowest BCUT2D eigenvalue weighted by Gasteiger charge is -2.09. The van der Waals surface area contributed by atoms with Crippen molar-refractivity contribution >= 4 is 11.5 Å². The van der Waals surface area contributed by atoms with E-state index in [-0.39, 0.29) is 5.69 Å². The summed E-state index contributed by atoms with van der Waals surface area (Å²) in [5.41, 5.74) is 0.242. The Balaban J connectivity index is 1.53. The van der Waals surface area contributed by atoms with Crippen molar-refractivity contribution in [2.24, 2.45) is 5.92 Å². The maximum absolute atomic E-state index is 11.4. The highest BCUT2D eigenvalue weighted by molar-refractivity contribution is 5.42. The lowest BCUT2D eigenvalue weighted by atomic mass is 10.0. The first-order chi connectivity index (χ1) is 9.33. The maximum atomic E-state index is 11.4. The van der Waals surface area contributed by atoms with E-state index in [2.05, 4.69) is 20.6 Å². The second kappa shape index (κ2) is 5.42. The molecule has 1 aliphatic carbocycles. The summed E-state index contributed by atoms with van der Waals surface area (Å²) in [7, 11) is 0. The number of aromatic amines is 1. The topological polar surface area (TPSA) is 75.1 Å². The summed E-state index contributed by atoms with van der Waals surface area (Å²) in [4.78, 5) is 11.4. The van der Waals surface area contributed by atoms with Gasteiger partial charge >= 0.3 is 5.69 Å². The Hall–Kier alpha value is -1.85. The summed E-state index contributed by atoms with van der Waals surface area (Å²) in [6, 6.07) is 3.63.